The van der Waals surface area contributed by atoms with Crippen molar-refractivity contribution in [3.63, 3.8) is 0 Å². The van der Waals surface area contributed by atoms with E-state index in [1.807, 2.05) is 19.6 Å². The summed E-state index contributed by atoms with van der Waals surface area (Å²) in [5, 5.41) is 28.1. The zero-order valence-corrected chi connectivity index (χ0v) is 10.6. The van der Waals surface area contributed by atoms with Crippen molar-refractivity contribution >= 4 is 14.3 Å². The maximum absolute atomic E-state index is 11.5. The molecule has 94 valence electrons. The number of esters is 1. The number of ether oxygens (including phenoxy) is 1. The number of cyclic esters (lactones) is 1. The Morgan fingerprint density at radius 3 is 2.31 bits per heavy atom. The zero-order chi connectivity index (χ0) is 12.5. The van der Waals surface area contributed by atoms with Gasteiger partial charge in [0.25, 0.3) is 0 Å². The monoisotopic (exact) mass is 250 g/mol. The molecule has 3 N–H and O–H groups in total. The van der Waals surface area contributed by atoms with Gasteiger partial charge in [-0.15, -0.1) is 0 Å². The summed E-state index contributed by atoms with van der Waals surface area (Å²) in [6.07, 6.45) is -4.91. The highest BCUT2D eigenvalue weighted by Gasteiger charge is 2.46. The van der Waals surface area contributed by atoms with E-state index in [1.54, 1.807) is 0 Å². The molecular formula is C9H18O6Si. The molecule has 0 saturated carbocycles. The molecule has 0 unspecified atom stereocenters. The van der Waals surface area contributed by atoms with Gasteiger partial charge in [0.2, 0.25) is 0 Å². The van der Waals surface area contributed by atoms with Gasteiger partial charge in [-0.05, 0) is 19.6 Å². The number of carbonyl (C=O) groups excluding carboxylic acids is 1. The SMILES string of the molecule is C[Si](C)(C)O[C@H]1C(=O)O[C@H](CO)[C@@H](O)[C@@H]1O. The number of carbonyl (C=O) groups is 1. The normalized spacial score (nSPS) is 36.0. The molecule has 0 spiro atoms. The van der Waals surface area contributed by atoms with Crippen LogP contribution in [0.25, 0.3) is 0 Å². The van der Waals surface area contributed by atoms with Crippen LogP contribution in [0.3, 0.4) is 0 Å². The van der Waals surface area contributed by atoms with Crippen LogP contribution in [0, 0.1) is 0 Å². The van der Waals surface area contributed by atoms with Crippen molar-refractivity contribution in [1.29, 1.82) is 0 Å². The average Bonchev–Trinajstić information content (AvgIpc) is 2.17. The van der Waals surface area contributed by atoms with E-state index in [9.17, 15) is 15.0 Å². The number of hydrogen-bond donors (Lipinski definition) is 3. The molecular weight excluding hydrogens is 232 g/mol. The third-order valence-electron chi connectivity index (χ3n) is 2.20. The maximum Gasteiger partial charge on any atom is 0.337 e. The summed E-state index contributed by atoms with van der Waals surface area (Å²) in [7, 11) is -2.02. The summed E-state index contributed by atoms with van der Waals surface area (Å²) in [4.78, 5) is 11.5. The summed E-state index contributed by atoms with van der Waals surface area (Å²) < 4.78 is 10.2. The maximum atomic E-state index is 11.5. The summed E-state index contributed by atoms with van der Waals surface area (Å²) in [6.45, 7) is 5.05. The number of aliphatic hydroxyl groups is 3. The van der Waals surface area contributed by atoms with Crippen molar-refractivity contribution < 1.29 is 29.3 Å². The molecule has 0 aliphatic carbocycles. The molecule has 0 bridgehead atoms. The van der Waals surface area contributed by atoms with E-state index in [2.05, 4.69) is 0 Å². The Morgan fingerprint density at radius 2 is 1.88 bits per heavy atom. The molecule has 0 amide bonds. The Bertz CT molecular complexity index is 263. The van der Waals surface area contributed by atoms with Gasteiger partial charge in [0.05, 0.1) is 6.61 Å². The molecule has 4 atom stereocenters. The lowest BCUT2D eigenvalue weighted by Gasteiger charge is -2.37. The lowest BCUT2D eigenvalue weighted by Crippen LogP contribution is -2.59. The lowest BCUT2D eigenvalue weighted by atomic mass is 10.0. The van der Waals surface area contributed by atoms with Crippen molar-refractivity contribution in [3.8, 4) is 0 Å². The highest BCUT2D eigenvalue weighted by molar-refractivity contribution is 6.69. The quantitative estimate of drug-likeness (QED) is 0.432. The third-order valence-corrected chi connectivity index (χ3v) is 3.16. The van der Waals surface area contributed by atoms with Gasteiger partial charge in [0.1, 0.15) is 12.2 Å². The molecule has 1 aliphatic heterocycles. The highest BCUT2D eigenvalue weighted by Crippen LogP contribution is 2.21. The fourth-order valence-corrected chi connectivity index (χ4v) is 2.47. The Balaban J connectivity index is 2.76. The lowest BCUT2D eigenvalue weighted by molar-refractivity contribution is -0.204. The highest BCUT2D eigenvalue weighted by atomic mass is 28.4. The minimum absolute atomic E-state index is 0.524. The van der Waals surface area contributed by atoms with Crippen LogP contribution in [0.5, 0.6) is 0 Å². The Hall–Kier alpha value is -0.473. The molecule has 6 nitrogen and oxygen atoms in total. The van der Waals surface area contributed by atoms with Crippen LogP contribution in [-0.4, -0.2) is 60.6 Å². The van der Waals surface area contributed by atoms with E-state index in [1.165, 1.54) is 0 Å². The van der Waals surface area contributed by atoms with Crippen molar-refractivity contribution in [2.45, 2.75) is 44.1 Å². The third kappa shape index (κ3) is 3.02. The van der Waals surface area contributed by atoms with Gasteiger partial charge in [-0.2, -0.15) is 0 Å². The second-order valence-electron chi connectivity index (χ2n) is 4.79. The number of hydrogen-bond acceptors (Lipinski definition) is 6. The van der Waals surface area contributed by atoms with E-state index >= 15 is 0 Å². The van der Waals surface area contributed by atoms with E-state index in [0.29, 0.717) is 0 Å². The predicted octanol–water partition coefficient (Wildman–Crippen LogP) is -1.15. The summed E-state index contributed by atoms with van der Waals surface area (Å²) in [5.74, 6) is -0.737. The van der Waals surface area contributed by atoms with Gasteiger partial charge in [-0.3, -0.25) is 0 Å². The van der Waals surface area contributed by atoms with Crippen LogP contribution < -0.4 is 0 Å². The molecule has 1 saturated heterocycles. The van der Waals surface area contributed by atoms with Crippen molar-refractivity contribution in [2.24, 2.45) is 0 Å². The predicted molar refractivity (Wildman–Crippen MR) is 57.2 cm³/mol. The minimum atomic E-state index is -2.02. The molecule has 1 heterocycles. The molecule has 0 aromatic carbocycles. The van der Waals surface area contributed by atoms with Crippen LogP contribution in [0.15, 0.2) is 0 Å². The Kier molecular flexibility index (Phi) is 4.08. The van der Waals surface area contributed by atoms with Crippen molar-refractivity contribution in [1.82, 2.24) is 0 Å². The van der Waals surface area contributed by atoms with Gasteiger partial charge in [0.15, 0.2) is 20.5 Å². The number of rotatable bonds is 3. The van der Waals surface area contributed by atoms with E-state index in [0.717, 1.165) is 0 Å². The second-order valence-corrected chi connectivity index (χ2v) is 9.25. The fraction of sp³-hybridized carbons (Fsp3) is 0.889. The van der Waals surface area contributed by atoms with Gasteiger partial charge in [-0.25, -0.2) is 4.79 Å². The summed E-state index contributed by atoms with van der Waals surface area (Å²) in [6, 6.07) is 0. The standard InChI is InChI=1S/C9H18O6Si/c1-16(2,3)15-8-7(12)6(11)5(4-10)14-9(8)13/h5-8,10-12H,4H2,1-3H3/t5-,6-,7+,8-/m1/s1. The van der Waals surface area contributed by atoms with Gasteiger partial charge in [0, 0.05) is 0 Å². The zero-order valence-electron chi connectivity index (χ0n) is 9.58. The largest absolute Gasteiger partial charge is 0.455 e. The van der Waals surface area contributed by atoms with Crippen molar-refractivity contribution in [2.75, 3.05) is 6.61 Å². The smallest absolute Gasteiger partial charge is 0.337 e. The van der Waals surface area contributed by atoms with Crippen LogP contribution in [-0.2, 0) is 14.0 Å². The van der Waals surface area contributed by atoms with E-state index in [4.69, 9.17) is 14.3 Å². The molecule has 0 aromatic rings. The Labute approximate surface area is 94.9 Å². The first-order valence-electron chi connectivity index (χ1n) is 5.11. The summed E-state index contributed by atoms with van der Waals surface area (Å²) >= 11 is 0. The van der Waals surface area contributed by atoms with Crippen LogP contribution in [0.2, 0.25) is 19.6 Å². The van der Waals surface area contributed by atoms with Crippen molar-refractivity contribution in [3.05, 3.63) is 0 Å². The average molecular weight is 250 g/mol. The first-order valence-corrected chi connectivity index (χ1v) is 8.52. The number of aliphatic hydroxyl groups excluding tert-OH is 3. The molecule has 16 heavy (non-hydrogen) atoms. The first-order chi connectivity index (χ1) is 7.26. The van der Waals surface area contributed by atoms with Crippen LogP contribution in [0.1, 0.15) is 0 Å². The molecule has 1 rings (SSSR count). The summed E-state index contributed by atoms with van der Waals surface area (Å²) in [5.41, 5.74) is 0. The van der Waals surface area contributed by atoms with E-state index < -0.39 is 45.3 Å². The van der Waals surface area contributed by atoms with Gasteiger partial charge >= 0.3 is 5.97 Å². The van der Waals surface area contributed by atoms with Gasteiger partial charge in [-0.1, -0.05) is 0 Å². The van der Waals surface area contributed by atoms with Gasteiger partial charge < -0.3 is 24.5 Å². The topological polar surface area (TPSA) is 96.2 Å². The molecule has 1 fully saturated rings. The Morgan fingerprint density at radius 1 is 1.31 bits per heavy atom. The molecule has 7 heteroatoms. The van der Waals surface area contributed by atoms with E-state index in [-0.39, 0.29) is 0 Å². The fourth-order valence-electron chi connectivity index (χ4n) is 1.47. The van der Waals surface area contributed by atoms with Crippen LogP contribution in [0.4, 0.5) is 0 Å². The molecule has 0 radical (unpaired) electrons. The molecule has 1 aliphatic rings. The first kappa shape index (κ1) is 13.6. The minimum Gasteiger partial charge on any atom is -0.455 e. The second kappa shape index (κ2) is 4.80. The van der Waals surface area contributed by atoms with Crippen LogP contribution >= 0.6 is 0 Å². The molecule has 0 aromatic heterocycles.